The smallest absolute Gasteiger partial charge is 0.287 e. The number of rotatable bonds is 8. The van der Waals surface area contributed by atoms with Crippen LogP contribution in [0.4, 0.5) is 0 Å². The molecule has 0 fully saturated rings. The topological polar surface area (TPSA) is 95.1 Å². The van der Waals surface area contributed by atoms with Gasteiger partial charge in [0.05, 0.1) is 12.3 Å². The molecule has 1 aromatic heterocycles. The van der Waals surface area contributed by atoms with Gasteiger partial charge in [0, 0.05) is 11.5 Å². The molecular formula is C17H17N3O3S. The number of benzene rings is 1. The first-order valence-corrected chi connectivity index (χ1v) is 8.47. The van der Waals surface area contributed by atoms with Crippen molar-refractivity contribution in [2.75, 3.05) is 12.3 Å². The van der Waals surface area contributed by atoms with Crippen LogP contribution in [0, 0.1) is 11.3 Å². The second-order valence-electron chi connectivity index (χ2n) is 4.88. The maximum absolute atomic E-state index is 12.1. The zero-order chi connectivity index (χ0) is 17.2. The van der Waals surface area contributed by atoms with Crippen LogP contribution in [0.2, 0.25) is 0 Å². The molecule has 0 saturated heterocycles. The summed E-state index contributed by atoms with van der Waals surface area (Å²) in [5.41, 5.74) is 1.14. The number of furan rings is 1. The second kappa shape index (κ2) is 9.43. The molecule has 1 atom stereocenters. The summed E-state index contributed by atoms with van der Waals surface area (Å²) in [7, 11) is 0. The number of amides is 2. The number of thioether (sulfide) groups is 1. The number of nitrogens with one attached hydrogen (secondary N) is 2. The lowest BCUT2D eigenvalue weighted by atomic mass is 10.2. The van der Waals surface area contributed by atoms with Crippen LogP contribution in [-0.2, 0) is 10.5 Å². The third-order valence-corrected chi connectivity index (χ3v) is 4.21. The first kappa shape index (κ1) is 17.6. The van der Waals surface area contributed by atoms with E-state index in [1.54, 1.807) is 6.07 Å². The number of carbonyl (C=O) groups excluding carboxylic acids is 2. The SMILES string of the molecule is N#CCNC(=O)[C@H](CSCc1ccccc1)NC(=O)c1ccco1. The molecule has 0 spiro atoms. The van der Waals surface area contributed by atoms with Gasteiger partial charge in [-0.15, -0.1) is 0 Å². The summed E-state index contributed by atoms with van der Waals surface area (Å²) >= 11 is 1.53. The zero-order valence-corrected chi connectivity index (χ0v) is 13.7. The summed E-state index contributed by atoms with van der Waals surface area (Å²) in [6.45, 7) is -0.102. The average molecular weight is 343 g/mol. The Morgan fingerprint density at radius 2 is 2.00 bits per heavy atom. The molecule has 6 nitrogen and oxygen atoms in total. The molecule has 0 bridgehead atoms. The molecule has 0 aliphatic heterocycles. The number of nitriles is 1. The highest BCUT2D eigenvalue weighted by Gasteiger charge is 2.22. The molecule has 0 radical (unpaired) electrons. The fraction of sp³-hybridized carbons (Fsp3) is 0.235. The van der Waals surface area contributed by atoms with Crippen molar-refractivity contribution in [2.24, 2.45) is 0 Å². The molecule has 0 unspecified atom stereocenters. The van der Waals surface area contributed by atoms with Gasteiger partial charge in [-0.05, 0) is 17.7 Å². The van der Waals surface area contributed by atoms with Gasteiger partial charge in [-0.1, -0.05) is 30.3 Å². The van der Waals surface area contributed by atoms with Crippen molar-refractivity contribution >= 4 is 23.6 Å². The molecule has 0 saturated carbocycles. The molecule has 0 aliphatic rings. The fourth-order valence-corrected chi connectivity index (χ4v) is 2.96. The lowest BCUT2D eigenvalue weighted by Gasteiger charge is -2.16. The maximum Gasteiger partial charge on any atom is 0.287 e. The van der Waals surface area contributed by atoms with Crippen molar-refractivity contribution in [3.05, 3.63) is 60.1 Å². The average Bonchev–Trinajstić information content (AvgIpc) is 3.14. The van der Waals surface area contributed by atoms with E-state index in [4.69, 9.17) is 9.68 Å². The van der Waals surface area contributed by atoms with Crippen LogP contribution in [0.25, 0.3) is 0 Å². The van der Waals surface area contributed by atoms with E-state index in [0.29, 0.717) is 5.75 Å². The summed E-state index contributed by atoms with van der Waals surface area (Å²) in [4.78, 5) is 24.2. The monoisotopic (exact) mass is 343 g/mol. The Morgan fingerprint density at radius 1 is 1.21 bits per heavy atom. The Hall–Kier alpha value is -2.72. The molecule has 1 aromatic carbocycles. The van der Waals surface area contributed by atoms with Crippen LogP contribution in [0.1, 0.15) is 16.1 Å². The van der Waals surface area contributed by atoms with E-state index >= 15 is 0 Å². The van der Waals surface area contributed by atoms with Crippen molar-refractivity contribution in [2.45, 2.75) is 11.8 Å². The van der Waals surface area contributed by atoms with Crippen molar-refractivity contribution in [3.63, 3.8) is 0 Å². The summed E-state index contributed by atoms with van der Waals surface area (Å²) in [5.74, 6) is 0.397. The Kier molecular flexibility index (Phi) is 6.92. The molecule has 24 heavy (non-hydrogen) atoms. The highest BCUT2D eigenvalue weighted by Crippen LogP contribution is 2.13. The van der Waals surface area contributed by atoms with E-state index in [0.717, 1.165) is 11.3 Å². The Bertz CT molecular complexity index is 696. The van der Waals surface area contributed by atoms with Crippen LogP contribution in [0.5, 0.6) is 0 Å². The van der Waals surface area contributed by atoms with Crippen LogP contribution in [0.3, 0.4) is 0 Å². The highest BCUT2D eigenvalue weighted by atomic mass is 32.2. The third kappa shape index (κ3) is 5.48. The van der Waals surface area contributed by atoms with E-state index in [-0.39, 0.29) is 12.3 Å². The van der Waals surface area contributed by atoms with E-state index in [2.05, 4.69) is 10.6 Å². The predicted molar refractivity (Wildman–Crippen MR) is 91.2 cm³/mol. The van der Waals surface area contributed by atoms with E-state index < -0.39 is 17.9 Å². The van der Waals surface area contributed by atoms with Gasteiger partial charge in [-0.2, -0.15) is 17.0 Å². The van der Waals surface area contributed by atoms with Gasteiger partial charge < -0.3 is 15.1 Å². The fourth-order valence-electron chi connectivity index (χ4n) is 1.94. The summed E-state index contributed by atoms with van der Waals surface area (Å²) in [6, 6.07) is 14.1. The number of hydrogen-bond donors (Lipinski definition) is 2. The van der Waals surface area contributed by atoms with Gasteiger partial charge in [-0.25, -0.2) is 0 Å². The molecule has 2 N–H and O–H groups in total. The minimum absolute atomic E-state index is 0.102. The molecule has 7 heteroatoms. The van der Waals surface area contributed by atoms with E-state index in [1.165, 1.54) is 24.1 Å². The van der Waals surface area contributed by atoms with Crippen LogP contribution >= 0.6 is 11.8 Å². The Balaban J connectivity index is 1.93. The second-order valence-corrected chi connectivity index (χ2v) is 5.91. The maximum atomic E-state index is 12.1. The van der Waals surface area contributed by atoms with Crippen molar-refractivity contribution in [1.29, 1.82) is 5.26 Å². The first-order valence-electron chi connectivity index (χ1n) is 7.31. The normalized spacial score (nSPS) is 11.3. The molecule has 2 aromatic rings. The third-order valence-electron chi connectivity index (χ3n) is 3.10. The molecule has 2 amide bonds. The molecule has 0 aliphatic carbocycles. The summed E-state index contributed by atoms with van der Waals surface area (Å²) in [5, 5.41) is 13.7. The van der Waals surface area contributed by atoms with E-state index in [9.17, 15) is 9.59 Å². The van der Waals surface area contributed by atoms with Gasteiger partial charge in [0.25, 0.3) is 5.91 Å². The Morgan fingerprint density at radius 3 is 2.67 bits per heavy atom. The summed E-state index contributed by atoms with van der Waals surface area (Å²) < 4.78 is 5.03. The lowest BCUT2D eigenvalue weighted by molar-refractivity contribution is -0.122. The van der Waals surface area contributed by atoms with Gasteiger partial charge >= 0.3 is 0 Å². The lowest BCUT2D eigenvalue weighted by Crippen LogP contribution is -2.48. The van der Waals surface area contributed by atoms with Crippen molar-refractivity contribution < 1.29 is 14.0 Å². The quantitative estimate of drug-likeness (QED) is 0.714. The van der Waals surface area contributed by atoms with Crippen molar-refractivity contribution in [1.82, 2.24) is 10.6 Å². The largest absolute Gasteiger partial charge is 0.459 e. The number of carbonyl (C=O) groups is 2. The zero-order valence-electron chi connectivity index (χ0n) is 12.9. The number of hydrogen-bond acceptors (Lipinski definition) is 5. The molecule has 124 valence electrons. The number of nitrogens with zero attached hydrogens (tertiary/aromatic N) is 1. The minimum atomic E-state index is -0.746. The van der Waals surface area contributed by atoms with E-state index in [1.807, 2.05) is 36.4 Å². The summed E-state index contributed by atoms with van der Waals surface area (Å²) in [6.07, 6.45) is 1.39. The minimum Gasteiger partial charge on any atom is -0.459 e. The van der Waals surface area contributed by atoms with Gasteiger partial charge in [0.1, 0.15) is 12.6 Å². The Labute approximate surface area is 144 Å². The standard InChI is InChI=1S/C17H17N3O3S/c18-8-9-19-16(21)14(20-17(22)15-7-4-10-23-15)12-24-11-13-5-2-1-3-6-13/h1-7,10,14H,9,11-12H2,(H,19,21)(H,20,22)/t14-/m0/s1. The van der Waals surface area contributed by atoms with Crippen molar-refractivity contribution in [3.8, 4) is 6.07 Å². The molecule has 1 heterocycles. The van der Waals surface area contributed by atoms with Crippen LogP contribution < -0.4 is 10.6 Å². The van der Waals surface area contributed by atoms with Gasteiger partial charge in [0.2, 0.25) is 5.91 Å². The predicted octanol–water partition coefficient (Wildman–Crippen LogP) is 1.95. The van der Waals surface area contributed by atoms with Crippen LogP contribution in [0.15, 0.2) is 53.1 Å². The molecule has 2 rings (SSSR count). The highest BCUT2D eigenvalue weighted by molar-refractivity contribution is 7.98. The van der Waals surface area contributed by atoms with Gasteiger partial charge in [-0.3, -0.25) is 9.59 Å². The molecular weight excluding hydrogens is 326 g/mol. The van der Waals surface area contributed by atoms with Crippen LogP contribution in [-0.4, -0.2) is 30.2 Å². The first-order chi connectivity index (χ1) is 11.7. The van der Waals surface area contributed by atoms with Gasteiger partial charge in [0.15, 0.2) is 5.76 Å².